The Morgan fingerprint density at radius 3 is 2.42 bits per heavy atom. The molecule has 2 aromatic heterocycles. The zero-order valence-corrected chi connectivity index (χ0v) is 18.4. The largest absolute Gasteiger partial charge is 0.381 e. The SMILES string of the molecule is O=c1cc(-c2ccc([N+](=O)[O-])cc2)nc2c(-c3ccc(Cl)cc3)c(CC3CCOCC3)[nH]n12. The number of ether oxygens (including phenoxy) is 1. The lowest BCUT2D eigenvalue weighted by atomic mass is 9.92. The van der Waals surface area contributed by atoms with Crippen molar-refractivity contribution >= 4 is 22.9 Å². The summed E-state index contributed by atoms with van der Waals surface area (Å²) in [6.07, 6.45) is 2.70. The Balaban J connectivity index is 1.66. The minimum absolute atomic E-state index is 0.0150. The van der Waals surface area contributed by atoms with E-state index in [2.05, 4.69) is 5.10 Å². The zero-order valence-electron chi connectivity index (χ0n) is 17.7. The lowest BCUT2D eigenvalue weighted by Crippen LogP contribution is -2.18. The van der Waals surface area contributed by atoms with Gasteiger partial charge in [0.05, 0.1) is 10.6 Å². The Morgan fingerprint density at radius 1 is 1.09 bits per heavy atom. The first-order valence-corrected chi connectivity index (χ1v) is 11.1. The van der Waals surface area contributed by atoms with Gasteiger partial charge in [-0.15, -0.1) is 0 Å². The standard InChI is InChI=1S/C24H21ClN4O4/c25-18-5-1-17(2-6-18)23-21(13-15-9-11-33-12-10-15)27-28-22(30)14-20(26-24(23)28)16-3-7-19(8-4-16)29(31)32/h1-8,14-15,27H,9-13H2. The summed E-state index contributed by atoms with van der Waals surface area (Å²) in [7, 11) is 0. The van der Waals surface area contributed by atoms with E-state index >= 15 is 0 Å². The molecule has 1 aliphatic heterocycles. The van der Waals surface area contributed by atoms with E-state index in [0.29, 0.717) is 27.8 Å². The molecular formula is C24H21ClN4O4. The van der Waals surface area contributed by atoms with Crippen molar-refractivity contribution in [3.05, 3.63) is 85.8 Å². The number of hydrogen-bond acceptors (Lipinski definition) is 5. The number of H-pyrrole nitrogens is 1. The van der Waals surface area contributed by atoms with E-state index < -0.39 is 4.92 Å². The second-order valence-electron chi connectivity index (χ2n) is 8.17. The van der Waals surface area contributed by atoms with Crippen LogP contribution in [0.5, 0.6) is 0 Å². The summed E-state index contributed by atoms with van der Waals surface area (Å²) in [5.41, 5.74) is 4.05. The maximum Gasteiger partial charge on any atom is 0.273 e. The number of aromatic nitrogens is 3. The highest BCUT2D eigenvalue weighted by atomic mass is 35.5. The van der Waals surface area contributed by atoms with Crippen molar-refractivity contribution in [3.63, 3.8) is 0 Å². The van der Waals surface area contributed by atoms with Gasteiger partial charge in [-0.2, -0.15) is 0 Å². The maximum absolute atomic E-state index is 13.0. The van der Waals surface area contributed by atoms with E-state index in [1.54, 1.807) is 12.1 Å². The highest BCUT2D eigenvalue weighted by molar-refractivity contribution is 6.30. The van der Waals surface area contributed by atoms with Crippen molar-refractivity contribution < 1.29 is 9.66 Å². The highest BCUT2D eigenvalue weighted by Crippen LogP contribution is 2.32. The van der Waals surface area contributed by atoms with Crippen LogP contribution in [0.1, 0.15) is 18.5 Å². The number of nitro benzene ring substituents is 1. The second kappa shape index (κ2) is 8.80. The summed E-state index contributed by atoms with van der Waals surface area (Å²) >= 11 is 6.11. The van der Waals surface area contributed by atoms with E-state index in [1.807, 2.05) is 24.3 Å². The Labute approximate surface area is 193 Å². The van der Waals surface area contributed by atoms with Crippen molar-refractivity contribution in [1.82, 2.24) is 14.6 Å². The second-order valence-corrected chi connectivity index (χ2v) is 8.61. The number of fused-ring (bicyclic) bond motifs is 1. The molecule has 0 radical (unpaired) electrons. The topological polar surface area (TPSA) is 103 Å². The van der Waals surface area contributed by atoms with Gasteiger partial charge < -0.3 is 4.74 Å². The molecule has 0 bridgehead atoms. The first-order valence-electron chi connectivity index (χ1n) is 10.7. The van der Waals surface area contributed by atoms with Crippen LogP contribution in [0.2, 0.25) is 5.02 Å². The Kier molecular flexibility index (Phi) is 5.70. The van der Waals surface area contributed by atoms with Crippen LogP contribution in [-0.2, 0) is 11.2 Å². The minimum atomic E-state index is -0.456. The lowest BCUT2D eigenvalue weighted by Gasteiger charge is -2.21. The first kappa shape index (κ1) is 21.4. The van der Waals surface area contributed by atoms with Gasteiger partial charge in [0.15, 0.2) is 5.65 Å². The van der Waals surface area contributed by atoms with E-state index in [9.17, 15) is 14.9 Å². The molecule has 33 heavy (non-hydrogen) atoms. The Hall–Kier alpha value is -3.49. The normalized spacial score (nSPS) is 14.6. The summed E-state index contributed by atoms with van der Waals surface area (Å²) in [4.78, 5) is 28.4. The van der Waals surface area contributed by atoms with Crippen molar-refractivity contribution in [3.8, 4) is 22.4 Å². The number of nitrogens with zero attached hydrogens (tertiary/aromatic N) is 3. The molecule has 0 saturated carbocycles. The third kappa shape index (κ3) is 4.27. The quantitative estimate of drug-likeness (QED) is 0.334. The van der Waals surface area contributed by atoms with Crippen molar-refractivity contribution in [2.24, 2.45) is 5.92 Å². The molecule has 8 nitrogen and oxygen atoms in total. The molecule has 1 fully saturated rings. The zero-order chi connectivity index (χ0) is 22.9. The molecule has 168 valence electrons. The van der Waals surface area contributed by atoms with Crippen molar-refractivity contribution in [2.45, 2.75) is 19.3 Å². The molecular weight excluding hydrogens is 444 g/mol. The molecule has 0 atom stereocenters. The van der Waals surface area contributed by atoms with E-state index in [4.69, 9.17) is 21.3 Å². The molecule has 1 N–H and O–H groups in total. The van der Waals surface area contributed by atoms with Gasteiger partial charge in [0.25, 0.3) is 11.2 Å². The first-order chi connectivity index (χ1) is 16.0. The van der Waals surface area contributed by atoms with Gasteiger partial charge in [0.1, 0.15) is 0 Å². The van der Waals surface area contributed by atoms with E-state index in [0.717, 1.165) is 49.3 Å². The predicted octanol–water partition coefficient (Wildman–Crippen LogP) is 4.89. The monoisotopic (exact) mass is 464 g/mol. The maximum atomic E-state index is 13.0. The van der Waals surface area contributed by atoms with Crippen LogP contribution in [0.3, 0.4) is 0 Å². The van der Waals surface area contributed by atoms with Gasteiger partial charge in [-0.3, -0.25) is 20.0 Å². The minimum Gasteiger partial charge on any atom is -0.381 e. The fraction of sp³-hybridized carbons (Fsp3) is 0.250. The third-order valence-electron chi connectivity index (χ3n) is 6.03. The number of rotatable bonds is 5. The van der Waals surface area contributed by atoms with Gasteiger partial charge in [-0.1, -0.05) is 23.7 Å². The lowest BCUT2D eigenvalue weighted by molar-refractivity contribution is -0.384. The van der Waals surface area contributed by atoms with Gasteiger partial charge in [-0.25, -0.2) is 9.50 Å². The van der Waals surface area contributed by atoms with Crippen LogP contribution in [0.4, 0.5) is 5.69 Å². The Bertz CT molecular complexity index is 1370. The van der Waals surface area contributed by atoms with Crippen LogP contribution in [0, 0.1) is 16.0 Å². The number of nitro groups is 1. The molecule has 0 spiro atoms. The smallest absolute Gasteiger partial charge is 0.273 e. The number of nitrogens with one attached hydrogen (secondary N) is 1. The van der Waals surface area contributed by atoms with Crippen LogP contribution >= 0.6 is 11.6 Å². The molecule has 0 unspecified atom stereocenters. The van der Waals surface area contributed by atoms with Crippen LogP contribution in [-0.4, -0.2) is 32.7 Å². The van der Waals surface area contributed by atoms with Gasteiger partial charge in [0.2, 0.25) is 0 Å². The van der Waals surface area contributed by atoms with Crippen LogP contribution in [0.15, 0.2) is 59.4 Å². The number of benzene rings is 2. The van der Waals surface area contributed by atoms with Crippen molar-refractivity contribution in [2.75, 3.05) is 13.2 Å². The third-order valence-corrected chi connectivity index (χ3v) is 6.28. The molecule has 9 heteroatoms. The average molecular weight is 465 g/mol. The summed E-state index contributed by atoms with van der Waals surface area (Å²) in [6.45, 7) is 1.48. The Morgan fingerprint density at radius 2 is 1.76 bits per heavy atom. The number of halogens is 1. The molecule has 1 aliphatic rings. The van der Waals surface area contributed by atoms with Gasteiger partial charge >= 0.3 is 0 Å². The highest BCUT2D eigenvalue weighted by Gasteiger charge is 2.22. The van der Waals surface area contributed by atoms with Gasteiger partial charge in [-0.05, 0) is 55.0 Å². The van der Waals surface area contributed by atoms with Crippen molar-refractivity contribution in [1.29, 1.82) is 0 Å². The van der Waals surface area contributed by atoms with Crippen LogP contribution in [0.25, 0.3) is 28.0 Å². The molecule has 0 amide bonds. The number of aromatic amines is 1. The molecule has 5 rings (SSSR count). The fourth-order valence-corrected chi connectivity index (χ4v) is 4.42. The predicted molar refractivity (Wildman–Crippen MR) is 126 cm³/mol. The summed E-state index contributed by atoms with van der Waals surface area (Å²) in [6, 6.07) is 14.9. The van der Waals surface area contributed by atoms with Gasteiger partial charge in [0, 0.05) is 53.3 Å². The molecule has 2 aromatic carbocycles. The molecule has 0 aliphatic carbocycles. The number of non-ortho nitro benzene ring substituents is 1. The molecule has 1 saturated heterocycles. The molecule has 3 heterocycles. The van der Waals surface area contributed by atoms with E-state index in [1.165, 1.54) is 22.7 Å². The fourth-order valence-electron chi connectivity index (χ4n) is 4.29. The van der Waals surface area contributed by atoms with Crippen LogP contribution < -0.4 is 5.56 Å². The summed E-state index contributed by atoms with van der Waals surface area (Å²) < 4.78 is 6.96. The summed E-state index contributed by atoms with van der Waals surface area (Å²) in [5.74, 6) is 0.447. The van der Waals surface area contributed by atoms with E-state index in [-0.39, 0.29) is 11.2 Å². The summed E-state index contributed by atoms with van der Waals surface area (Å²) in [5, 5.41) is 14.9. The molecule has 4 aromatic rings. The average Bonchev–Trinajstić information content (AvgIpc) is 3.19. The number of hydrogen-bond donors (Lipinski definition) is 1.